The SMILES string of the molecule is CCCCOc1ccc(S(=O)(=O)NCCNc2cc(Nc3cc(C)ccn3)ncn2)cc1. The van der Waals surface area contributed by atoms with Gasteiger partial charge in [0.25, 0.3) is 0 Å². The van der Waals surface area contributed by atoms with Crippen LogP contribution in [0, 0.1) is 6.92 Å². The first-order chi connectivity index (χ1) is 15.5. The van der Waals surface area contributed by atoms with Gasteiger partial charge in [-0.2, -0.15) is 0 Å². The van der Waals surface area contributed by atoms with Gasteiger partial charge in [-0.05, 0) is 55.3 Å². The van der Waals surface area contributed by atoms with Crippen LogP contribution in [0.5, 0.6) is 5.75 Å². The number of anilines is 3. The molecule has 0 aliphatic heterocycles. The molecule has 0 amide bonds. The molecular formula is C22H28N6O3S. The van der Waals surface area contributed by atoms with E-state index in [1.165, 1.54) is 6.33 Å². The highest BCUT2D eigenvalue weighted by molar-refractivity contribution is 7.89. The average Bonchev–Trinajstić information content (AvgIpc) is 2.78. The van der Waals surface area contributed by atoms with E-state index < -0.39 is 10.0 Å². The molecule has 1 aromatic carbocycles. The third kappa shape index (κ3) is 7.17. The molecule has 0 bridgehead atoms. The van der Waals surface area contributed by atoms with Gasteiger partial charge in [0.15, 0.2) is 0 Å². The van der Waals surface area contributed by atoms with Gasteiger partial charge in [-0.1, -0.05) is 13.3 Å². The maximum absolute atomic E-state index is 12.5. The molecule has 0 radical (unpaired) electrons. The first-order valence-corrected chi connectivity index (χ1v) is 11.9. The van der Waals surface area contributed by atoms with Gasteiger partial charge in [-0.15, -0.1) is 0 Å². The highest BCUT2D eigenvalue weighted by Crippen LogP contribution is 2.17. The van der Waals surface area contributed by atoms with Gasteiger partial charge in [0.05, 0.1) is 11.5 Å². The van der Waals surface area contributed by atoms with Gasteiger partial charge >= 0.3 is 0 Å². The molecule has 2 aromatic heterocycles. The maximum atomic E-state index is 12.5. The second-order valence-electron chi connectivity index (χ2n) is 7.13. The minimum Gasteiger partial charge on any atom is -0.494 e. The Morgan fingerprint density at radius 1 is 0.938 bits per heavy atom. The van der Waals surface area contributed by atoms with Crippen molar-refractivity contribution in [3.8, 4) is 5.75 Å². The van der Waals surface area contributed by atoms with Crippen LogP contribution in [-0.4, -0.2) is 43.1 Å². The summed E-state index contributed by atoms with van der Waals surface area (Å²) in [6.07, 6.45) is 5.15. The molecule has 0 fully saturated rings. The van der Waals surface area contributed by atoms with E-state index in [4.69, 9.17) is 4.74 Å². The van der Waals surface area contributed by atoms with Crippen LogP contribution in [0.2, 0.25) is 0 Å². The van der Waals surface area contributed by atoms with Crippen molar-refractivity contribution >= 4 is 27.5 Å². The van der Waals surface area contributed by atoms with Crippen molar-refractivity contribution in [2.45, 2.75) is 31.6 Å². The Balaban J connectivity index is 1.48. The van der Waals surface area contributed by atoms with Crippen LogP contribution in [0.15, 0.2) is 59.9 Å². The Labute approximate surface area is 188 Å². The molecule has 0 atom stereocenters. The van der Waals surface area contributed by atoms with Crippen molar-refractivity contribution in [3.63, 3.8) is 0 Å². The fraction of sp³-hybridized carbons (Fsp3) is 0.318. The lowest BCUT2D eigenvalue weighted by Crippen LogP contribution is -2.29. The van der Waals surface area contributed by atoms with Crippen molar-refractivity contribution in [1.82, 2.24) is 19.7 Å². The van der Waals surface area contributed by atoms with E-state index in [0.29, 0.717) is 36.4 Å². The first kappa shape index (κ1) is 23.4. The lowest BCUT2D eigenvalue weighted by Gasteiger charge is -2.10. The number of aromatic nitrogens is 3. The zero-order valence-corrected chi connectivity index (χ0v) is 19.0. The zero-order chi connectivity index (χ0) is 22.8. The number of nitrogens with one attached hydrogen (secondary N) is 3. The number of pyridine rings is 1. The maximum Gasteiger partial charge on any atom is 0.240 e. The number of ether oxygens (including phenoxy) is 1. The molecule has 0 unspecified atom stereocenters. The summed E-state index contributed by atoms with van der Waals surface area (Å²) in [6, 6.07) is 12.0. The monoisotopic (exact) mass is 456 g/mol. The normalized spacial score (nSPS) is 11.2. The number of aryl methyl sites for hydroxylation is 1. The lowest BCUT2D eigenvalue weighted by atomic mass is 10.3. The molecule has 32 heavy (non-hydrogen) atoms. The van der Waals surface area contributed by atoms with Crippen molar-refractivity contribution in [2.75, 3.05) is 30.3 Å². The smallest absolute Gasteiger partial charge is 0.240 e. The summed E-state index contributed by atoms with van der Waals surface area (Å²) in [4.78, 5) is 12.8. The number of unbranched alkanes of at least 4 members (excludes halogenated alkanes) is 1. The van der Waals surface area contributed by atoms with Crippen LogP contribution in [-0.2, 0) is 10.0 Å². The van der Waals surface area contributed by atoms with Crippen LogP contribution >= 0.6 is 0 Å². The summed E-state index contributed by atoms with van der Waals surface area (Å²) in [7, 11) is -3.61. The molecule has 0 aliphatic carbocycles. The Kier molecular flexibility index (Phi) is 8.34. The number of hydrogen-bond donors (Lipinski definition) is 3. The fourth-order valence-corrected chi connectivity index (χ4v) is 3.80. The standard InChI is InChI=1S/C22H28N6O3S/c1-3-4-13-31-18-5-7-19(8-6-18)32(29,30)27-12-11-24-20-15-22(26-16-25-20)28-21-14-17(2)9-10-23-21/h5-10,14-16,27H,3-4,11-13H2,1-2H3,(H2,23,24,25,26,28). The fourth-order valence-electron chi connectivity index (χ4n) is 2.77. The second-order valence-corrected chi connectivity index (χ2v) is 8.90. The number of hydrogen-bond acceptors (Lipinski definition) is 8. The summed E-state index contributed by atoms with van der Waals surface area (Å²) < 4.78 is 33.1. The molecule has 3 N–H and O–H groups in total. The Hall–Kier alpha value is -3.24. The molecule has 0 saturated carbocycles. The first-order valence-electron chi connectivity index (χ1n) is 10.4. The molecule has 10 heteroatoms. The molecule has 0 saturated heterocycles. The summed E-state index contributed by atoms with van der Waals surface area (Å²) in [5.74, 6) is 2.50. The summed E-state index contributed by atoms with van der Waals surface area (Å²) in [5.41, 5.74) is 1.08. The van der Waals surface area contributed by atoms with E-state index in [-0.39, 0.29) is 11.4 Å². The molecule has 3 rings (SSSR count). The van der Waals surface area contributed by atoms with Gasteiger partial charge in [-0.25, -0.2) is 28.1 Å². The van der Waals surface area contributed by atoms with Gasteiger partial charge in [0.1, 0.15) is 29.5 Å². The third-order valence-corrected chi connectivity index (χ3v) is 5.94. The minimum absolute atomic E-state index is 0.194. The lowest BCUT2D eigenvalue weighted by molar-refractivity contribution is 0.309. The molecule has 2 heterocycles. The Bertz CT molecular complexity index is 1110. The van der Waals surface area contributed by atoms with E-state index in [9.17, 15) is 8.42 Å². The second kappa shape index (κ2) is 11.4. The number of rotatable bonds is 12. The highest BCUT2D eigenvalue weighted by atomic mass is 32.2. The van der Waals surface area contributed by atoms with Crippen molar-refractivity contribution in [1.29, 1.82) is 0 Å². The summed E-state index contributed by atoms with van der Waals surface area (Å²) >= 11 is 0. The average molecular weight is 457 g/mol. The van der Waals surface area contributed by atoms with Crippen LogP contribution in [0.3, 0.4) is 0 Å². The predicted molar refractivity (Wildman–Crippen MR) is 125 cm³/mol. The predicted octanol–water partition coefficient (Wildman–Crippen LogP) is 3.49. The van der Waals surface area contributed by atoms with Crippen molar-refractivity contribution in [2.24, 2.45) is 0 Å². The summed E-state index contributed by atoms with van der Waals surface area (Å²) in [5, 5.41) is 6.20. The molecule has 0 spiro atoms. The van der Waals surface area contributed by atoms with Crippen LogP contribution < -0.4 is 20.1 Å². The Morgan fingerprint density at radius 3 is 2.44 bits per heavy atom. The Morgan fingerprint density at radius 2 is 1.69 bits per heavy atom. The quantitative estimate of drug-likeness (QED) is 0.355. The van der Waals surface area contributed by atoms with Crippen LogP contribution in [0.25, 0.3) is 0 Å². The number of benzene rings is 1. The van der Waals surface area contributed by atoms with Gasteiger partial charge < -0.3 is 15.4 Å². The molecule has 9 nitrogen and oxygen atoms in total. The van der Waals surface area contributed by atoms with Crippen molar-refractivity contribution in [3.05, 3.63) is 60.6 Å². The molecule has 3 aromatic rings. The van der Waals surface area contributed by atoms with E-state index in [2.05, 4.69) is 37.2 Å². The van der Waals surface area contributed by atoms with E-state index in [1.807, 2.05) is 19.1 Å². The largest absolute Gasteiger partial charge is 0.494 e. The molecule has 0 aliphatic rings. The minimum atomic E-state index is -3.61. The zero-order valence-electron chi connectivity index (χ0n) is 18.2. The summed E-state index contributed by atoms with van der Waals surface area (Å²) in [6.45, 7) is 5.24. The van der Waals surface area contributed by atoms with E-state index in [0.717, 1.165) is 18.4 Å². The van der Waals surface area contributed by atoms with Gasteiger partial charge in [0.2, 0.25) is 10.0 Å². The van der Waals surface area contributed by atoms with E-state index in [1.54, 1.807) is 36.5 Å². The highest BCUT2D eigenvalue weighted by Gasteiger charge is 2.13. The van der Waals surface area contributed by atoms with Crippen molar-refractivity contribution < 1.29 is 13.2 Å². The number of nitrogens with zero attached hydrogens (tertiary/aromatic N) is 3. The molecular weight excluding hydrogens is 428 g/mol. The van der Waals surface area contributed by atoms with E-state index >= 15 is 0 Å². The third-order valence-electron chi connectivity index (χ3n) is 4.46. The van der Waals surface area contributed by atoms with Crippen LogP contribution in [0.4, 0.5) is 17.5 Å². The van der Waals surface area contributed by atoms with Gasteiger partial charge in [0, 0.05) is 25.4 Å². The van der Waals surface area contributed by atoms with Gasteiger partial charge in [-0.3, -0.25) is 0 Å². The van der Waals surface area contributed by atoms with Crippen LogP contribution in [0.1, 0.15) is 25.3 Å². The topological polar surface area (TPSA) is 118 Å². The molecule has 170 valence electrons. The number of sulfonamides is 1.